The maximum absolute atomic E-state index is 5.36. The highest BCUT2D eigenvalue weighted by Gasteiger charge is 2.13. The molecular formula is C12H14N4S2. The van der Waals surface area contributed by atoms with Crippen molar-refractivity contribution in [1.29, 1.82) is 0 Å². The molecule has 0 radical (unpaired) electrons. The minimum atomic E-state index is 0.722. The minimum absolute atomic E-state index is 0.722. The van der Waals surface area contributed by atoms with E-state index in [0.717, 1.165) is 52.7 Å². The molecule has 2 aromatic rings. The Balaban J connectivity index is 1.93. The Morgan fingerprint density at radius 1 is 1.44 bits per heavy atom. The zero-order chi connectivity index (χ0) is 12.5. The van der Waals surface area contributed by atoms with Gasteiger partial charge in [-0.25, -0.2) is 9.97 Å². The third-order valence-corrected chi connectivity index (χ3v) is 4.30. The van der Waals surface area contributed by atoms with Crippen molar-refractivity contribution >= 4 is 23.6 Å². The molecule has 3 rings (SSSR count). The zero-order valence-corrected chi connectivity index (χ0v) is 11.7. The lowest BCUT2D eigenvalue weighted by atomic mass is 10.1. The lowest BCUT2D eigenvalue weighted by Crippen LogP contribution is -2.26. The molecule has 0 saturated carbocycles. The molecule has 0 amide bonds. The summed E-state index contributed by atoms with van der Waals surface area (Å²) >= 11 is 7.03. The van der Waals surface area contributed by atoms with Gasteiger partial charge in [0, 0.05) is 41.8 Å². The van der Waals surface area contributed by atoms with Gasteiger partial charge in [-0.15, -0.1) is 11.3 Å². The van der Waals surface area contributed by atoms with Gasteiger partial charge in [0.15, 0.2) is 0 Å². The van der Waals surface area contributed by atoms with Crippen LogP contribution in [0.3, 0.4) is 0 Å². The van der Waals surface area contributed by atoms with Crippen LogP contribution in [0, 0.1) is 11.6 Å². The van der Waals surface area contributed by atoms with Gasteiger partial charge in [-0.3, -0.25) is 0 Å². The third-order valence-electron chi connectivity index (χ3n) is 2.99. The Morgan fingerprint density at radius 2 is 2.33 bits per heavy atom. The first-order chi connectivity index (χ1) is 8.72. The fourth-order valence-corrected chi connectivity index (χ4v) is 3.21. The van der Waals surface area contributed by atoms with Crippen LogP contribution >= 0.6 is 23.6 Å². The number of fused-ring (bicyclic) bond motifs is 1. The Labute approximate surface area is 115 Å². The van der Waals surface area contributed by atoms with E-state index >= 15 is 0 Å². The molecule has 0 unspecified atom stereocenters. The summed E-state index contributed by atoms with van der Waals surface area (Å²) in [5.74, 6) is 0.926. The predicted octanol–water partition coefficient (Wildman–Crippen LogP) is 2.14. The fraction of sp³-hybridized carbons (Fsp3) is 0.417. The second-order valence-corrected chi connectivity index (χ2v) is 5.76. The van der Waals surface area contributed by atoms with Crippen LogP contribution in [-0.4, -0.2) is 21.5 Å². The van der Waals surface area contributed by atoms with E-state index in [1.165, 1.54) is 5.69 Å². The van der Waals surface area contributed by atoms with Crippen molar-refractivity contribution in [2.45, 2.75) is 26.3 Å². The first kappa shape index (κ1) is 12.0. The van der Waals surface area contributed by atoms with Gasteiger partial charge in [0.25, 0.3) is 0 Å². The average Bonchev–Trinajstić information content (AvgIpc) is 2.75. The lowest BCUT2D eigenvalue weighted by Gasteiger charge is -2.17. The number of aryl methyl sites for hydroxylation is 1. The standard InChI is InChI=1S/C12H14N4S2/c1-7-6-18-11(14-7)4-10-15-9-2-3-13-5-8(9)12(17)16-10/h6,13H,2-5H2,1H3,(H,15,16,17). The van der Waals surface area contributed by atoms with Gasteiger partial charge < -0.3 is 10.3 Å². The summed E-state index contributed by atoms with van der Waals surface area (Å²) < 4.78 is 0.722. The van der Waals surface area contributed by atoms with Crippen molar-refractivity contribution in [3.63, 3.8) is 0 Å². The first-order valence-electron chi connectivity index (χ1n) is 5.95. The summed E-state index contributed by atoms with van der Waals surface area (Å²) in [6, 6.07) is 0. The van der Waals surface area contributed by atoms with Crippen LogP contribution in [0.1, 0.15) is 27.8 Å². The molecule has 0 aromatic carbocycles. The number of aromatic nitrogens is 3. The zero-order valence-electron chi connectivity index (χ0n) is 10.1. The molecule has 1 aliphatic heterocycles. The van der Waals surface area contributed by atoms with Crippen molar-refractivity contribution in [3.05, 3.63) is 37.8 Å². The number of hydrogen-bond acceptors (Lipinski definition) is 5. The number of thiazole rings is 1. The van der Waals surface area contributed by atoms with Crippen molar-refractivity contribution < 1.29 is 0 Å². The topological polar surface area (TPSA) is 53.6 Å². The van der Waals surface area contributed by atoms with Crippen LogP contribution in [0.5, 0.6) is 0 Å². The molecule has 0 aliphatic carbocycles. The SMILES string of the molecule is Cc1csc(Cc2nc(=S)c3c([nH]2)CCNC3)n1. The van der Waals surface area contributed by atoms with Gasteiger partial charge in [0.2, 0.25) is 0 Å². The highest BCUT2D eigenvalue weighted by atomic mass is 32.1. The molecule has 0 atom stereocenters. The molecule has 6 heteroatoms. The molecule has 1 aliphatic rings. The highest BCUT2D eigenvalue weighted by Crippen LogP contribution is 2.16. The normalized spacial score (nSPS) is 14.5. The molecule has 94 valence electrons. The second-order valence-electron chi connectivity index (χ2n) is 4.43. The van der Waals surface area contributed by atoms with Crippen LogP contribution in [0.25, 0.3) is 0 Å². The number of aromatic amines is 1. The molecule has 18 heavy (non-hydrogen) atoms. The van der Waals surface area contributed by atoms with Crippen LogP contribution in [0.4, 0.5) is 0 Å². The maximum atomic E-state index is 5.36. The van der Waals surface area contributed by atoms with Gasteiger partial charge >= 0.3 is 0 Å². The fourth-order valence-electron chi connectivity index (χ4n) is 2.13. The van der Waals surface area contributed by atoms with Gasteiger partial charge in [-0.05, 0) is 6.92 Å². The first-order valence-corrected chi connectivity index (χ1v) is 7.24. The monoisotopic (exact) mass is 278 g/mol. The number of nitrogens with one attached hydrogen (secondary N) is 2. The predicted molar refractivity (Wildman–Crippen MR) is 74.5 cm³/mol. The molecule has 2 aromatic heterocycles. The maximum Gasteiger partial charge on any atom is 0.134 e. The summed E-state index contributed by atoms with van der Waals surface area (Å²) in [5.41, 5.74) is 3.45. The largest absolute Gasteiger partial charge is 0.346 e. The summed E-state index contributed by atoms with van der Waals surface area (Å²) in [6.45, 7) is 3.83. The second kappa shape index (κ2) is 4.87. The van der Waals surface area contributed by atoms with E-state index in [4.69, 9.17) is 12.2 Å². The van der Waals surface area contributed by atoms with Gasteiger partial charge in [-0.2, -0.15) is 0 Å². The van der Waals surface area contributed by atoms with Crippen LogP contribution in [-0.2, 0) is 19.4 Å². The van der Waals surface area contributed by atoms with E-state index in [0.29, 0.717) is 0 Å². The van der Waals surface area contributed by atoms with Crippen LogP contribution < -0.4 is 5.32 Å². The molecule has 2 N–H and O–H groups in total. The van der Waals surface area contributed by atoms with E-state index in [1.54, 1.807) is 11.3 Å². The molecule has 0 fully saturated rings. The molecule has 0 bridgehead atoms. The molecule has 0 saturated heterocycles. The molecule has 3 heterocycles. The van der Waals surface area contributed by atoms with Crippen molar-refractivity contribution in [1.82, 2.24) is 20.3 Å². The van der Waals surface area contributed by atoms with Gasteiger partial charge in [0.05, 0.1) is 6.42 Å². The summed E-state index contributed by atoms with van der Waals surface area (Å²) in [5, 5.41) is 6.46. The van der Waals surface area contributed by atoms with Gasteiger partial charge in [-0.1, -0.05) is 12.2 Å². The Morgan fingerprint density at radius 3 is 3.11 bits per heavy atom. The molecule has 0 spiro atoms. The smallest absolute Gasteiger partial charge is 0.134 e. The Hall–Kier alpha value is -1.11. The lowest BCUT2D eigenvalue weighted by molar-refractivity contribution is 0.618. The quantitative estimate of drug-likeness (QED) is 0.826. The van der Waals surface area contributed by atoms with Gasteiger partial charge in [0.1, 0.15) is 15.5 Å². The van der Waals surface area contributed by atoms with E-state index < -0.39 is 0 Å². The molecule has 4 nitrogen and oxygen atoms in total. The van der Waals surface area contributed by atoms with E-state index in [2.05, 4.69) is 25.6 Å². The summed E-state index contributed by atoms with van der Waals surface area (Å²) in [6.07, 6.45) is 1.73. The minimum Gasteiger partial charge on any atom is -0.346 e. The van der Waals surface area contributed by atoms with Crippen molar-refractivity contribution in [3.8, 4) is 0 Å². The summed E-state index contributed by atoms with van der Waals surface area (Å²) in [4.78, 5) is 12.3. The number of nitrogens with zero attached hydrogens (tertiary/aromatic N) is 2. The molecular weight excluding hydrogens is 264 g/mol. The van der Waals surface area contributed by atoms with E-state index in [-0.39, 0.29) is 0 Å². The number of H-pyrrole nitrogens is 1. The Kier molecular flexibility index (Phi) is 3.23. The average molecular weight is 278 g/mol. The number of hydrogen-bond donors (Lipinski definition) is 2. The van der Waals surface area contributed by atoms with Crippen molar-refractivity contribution in [2.24, 2.45) is 0 Å². The summed E-state index contributed by atoms with van der Waals surface area (Å²) in [7, 11) is 0. The van der Waals surface area contributed by atoms with Crippen LogP contribution in [0.15, 0.2) is 5.38 Å². The van der Waals surface area contributed by atoms with Crippen molar-refractivity contribution in [2.75, 3.05) is 6.54 Å². The van der Waals surface area contributed by atoms with E-state index in [9.17, 15) is 0 Å². The Bertz CT molecular complexity index is 629. The third kappa shape index (κ3) is 2.36. The van der Waals surface area contributed by atoms with E-state index in [1.807, 2.05) is 6.92 Å². The number of rotatable bonds is 2. The van der Waals surface area contributed by atoms with Crippen LogP contribution in [0.2, 0.25) is 0 Å². The highest BCUT2D eigenvalue weighted by molar-refractivity contribution is 7.71.